The Morgan fingerprint density at radius 3 is 2.36 bits per heavy atom. The van der Waals surface area contributed by atoms with Gasteiger partial charge in [0, 0.05) is 29.5 Å². The molecule has 4 heteroatoms. The van der Waals surface area contributed by atoms with E-state index in [-0.39, 0.29) is 12.2 Å². The van der Waals surface area contributed by atoms with Gasteiger partial charge in [-0.25, -0.2) is 0 Å². The standard InChI is InChI=1S/C18H24ClNO2/c1-10-7-13-14(9-12-3-5-20-6-4-12)17-15(8-11(2)21-17)16(19)18(13)22-10/h10-12,20H,3-9H2,1-2H3. The van der Waals surface area contributed by atoms with Crippen LogP contribution in [0.25, 0.3) is 0 Å². The van der Waals surface area contributed by atoms with E-state index in [0.717, 1.165) is 54.8 Å². The molecule has 3 nitrogen and oxygen atoms in total. The van der Waals surface area contributed by atoms with Crippen LogP contribution in [0.2, 0.25) is 5.02 Å². The third-order valence-electron chi connectivity index (χ3n) is 5.22. The van der Waals surface area contributed by atoms with Crippen molar-refractivity contribution in [2.45, 2.75) is 58.2 Å². The monoisotopic (exact) mass is 321 g/mol. The second-order valence-corrected chi connectivity index (χ2v) is 7.45. The van der Waals surface area contributed by atoms with Crippen molar-refractivity contribution < 1.29 is 9.47 Å². The molecular weight excluding hydrogens is 298 g/mol. The molecule has 2 atom stereocenters. The van der Waals surface area contributed by atoms with Crippen LogP contribution in [0, 0.1) is 5.92 Å². The number of fused-ring (bicyclic) bond motifs is 2. The van der Waals surface area contributed by atoms with Crippen LogP contribution < -0.4 is 14.8 Å². The first-order valence-corrected chi connectivity index (χ1v) is 8.91. The van der Waals surface area contributed by atoms with Crippen LogP contribution in [-0.2, 0) is 19.3 Å². The number of nitrogens with one attached hydrogen (secondary N) is 1. The summed E-state index contributed by atoms with van der Waals surface area (Å²) in [4.78, 5) is 0. The molecule has 4 rings (SSSR count). The van der Waals surface area contributed by atoms with Crippen molar-refractivity contribution in [2.24, 2.45) is 5.92 Å². The van der Waals surface area contributed by atoms with E-state index in [2.05, 4.69) is 19.2 Å². The molecule has 3 aliphatic rings. The first-order chi connectivity index (χ1) is 10.6. The van der Waals surface area contributed by atoms with E-state index < -0.39 is 0 Å². The maximum absolute atomic E-state index is 6.63. The Morgan fingerprint density at radius 2 is 1.64 bits per heavy atom. The molecule has 1 fully saturated rings. The molecule has 1 N–H and O–H groups in total. The topological polar surface area (TPSA) is 30.5 Å². The largest absolute Gasteiger partial charge is 0.490 e. The number of rotatable bonds is 2. The number of hydrogen-bond donors (Lipinski definition) is 1. The van der Waals surface area contributed by atoms with Gasteiger partial charge in [0.2, 0.25) is 0 Å². The molecule has 0 amide bonds. The quantitative estimate of drug-likeness (QED) is 0.904. The van der Waals surface area contributed by atoms with E-state index in [1.807, 2.05) is 0 Å². The maximum Gasteiger partial charge on any atom is 0.142 e. The molecule has 1 aromatic carbocycles. The van der Waals surface area contributed by atoms with Gasteiger partial charge >= 0.3 is 0 Å². The van der Waals surface area contributed by atoms with Crippen molar-refractivity contribution in [3.63, 3.8) is 0 Å². The van der Waals surface area contributed by atoms with E-state index in [0.29, 0.717) is 0 Å². The summed E-state index contributed by atoms with van der Waals surface area (Å²) in [5.74, 6) is 2.76. The second kappa shape index (κ2) is 5.61. The Kier molecular flexibility index (Phi) is 3.74. The smallest absolute Gasteiger partial charge is 0.142 e. The van der Waals surface area contributed by atoms with Crippen LogP contribution in [0.5, 0.6) is 11.5 Å². The van der Waals surface area contributed by atoms with Gasteiger partial charge in [-0.2, -0.15) is 0 Å². The molecule has 3 aliphatic heterocycles. The highest BCUT2D eigenvalue weighted by atomic mass is 35.5. The normalized spacial score (nSPS) is 27.2. The maximum atomic E-state index is 6.63. The lowest BCUT2D eigenvalue weighted by atomic mass is 9.86. The molecule has 2 unspecified atom stereocenters. The minimum absolute atomic E-state index is 0.222. The highest BCUT2D eigenvalue weighted by Gasteiger charge is 2.35. The number of halogens is 1. The van der Waals surface area contributed by atoms with Crippen molar-refractivity contribution in [3.8, 4) is 11.5 Å². The van der Waals surface area contributed by atoms with Gasteiger partial charge in [0.1, 0.15) is 23.7 Å². The lowest BCUT2D eigenvalue weighted by Crippen LogP contribution is -2.29. The number of piperidine rings is 1. The summed E-state index contributed by atoms with van der Waals surface area (Å²) in [6, 6.07) is 0. The van der Waals surface area contributed by atoms with Crippen molar-refractivity contribution in [2.75, 3.05) is 13.1 Å². The Balaban J connectivity index is 1.76. The van der Waals surface area contributed by atoms with Crippen molar-refractivity contribution in [1.29, 1.82) is 0 Å². The summed E-state index contributed by atoms with van der Waals surface area (Å²) in [5.41, 5.74) is 3.87. The summed E-state index contributed by atoms with van der Waals surface area (Å²) in [6.45, 7) is 6.51. The molecular formula is C18H24ClNO2. The van der Waals surface area contributed by atoms with Gasteiger partial charge in [-0.15, -0.1) is 0 Å². The third-order valence-corrected chi connectivity index (χ3v) is 5.62. The van der Waals surface area contributed by atoms with Gasteiger partial charge in [0.05, 0.1) is 5.02 Å². The first kappa shape index (κ1) is 14.6. The van der Waals surface area contributed by atoms with Crippen molar-refractivity contribution >= 4 is 11.6 Å². The average Bonchev–Trinajstić information content (AvgIpc) is 3.08. The van der Waals surface area contributed by atoms with Gasteiger partial charge in [0.15, 0.2) is 0 Å². The zero-order chi connectivity index (χ0) is 15.3. The van der Waals surface area contributed by atoms with E-state index >= 15 is 0 Å². The Morgan fingerprint density at radius 1 is 1.00 bits per heavy atom. The summed E-state index contributed by atoms with van der Waals surface area (Å²) >= 11 is 6.63. The molecule has 120 valence electrons. The van der Waals surface area contributed by atoms with E-state index in [9.17, 15) is 0 Å². The average molecular weight is 322 g/mol. The number of hydrogen-bond acceptors (Lipinski definition) is 3. The van der Waals surface area contributed by atoms with E-state index in [4.69, 9.17) is 21.1 Å². The fraction of sp³-hybridized carbons (Fsp3) is 0.667. The minimum Gasteiger partial charge on any atom is -0.490 e. The molecule has 0 spiro atoms. The Bertz CT molecular complexity index is 556. The van der Waals surface area contributed by atoms with Crippen LogP contribution in [0.4, 0.5) is 0 Å². The van der Waals surface area contributed by atoms with Crippen LogP contribution >= 0.6 is 11.6 Å². The third kappa shape index (κ3) is 2.39. The van der Waals surface area contributed by atoms with Crippen LogP contribution in [0.3, 0.4) is 0 Å². The molecule has 0 radical (unpaired) electrons. The van der Waals surface area contributed by atoms with E-state index in [1.54, 1.807) is 0 Å². The van der Waals surface area contributed by atoms with Gasteiger partial charge < -0.3 is 14.8 Å². The summed E-state index contributed by atoms with van der Waals surface area (Å²) in [5, 5.41) is 4.25. The van der Waals surface area contributed by atoms with Gasteiger partial charge in [-0.3, -0.25) is 0 Å². The van der Waals surface area contributed by atoms with Gasteiger partial charge in [0.25, 0.3) is 0 Å². The summed E-state index contributed by atoms with van der Waals surface area (Å²) < 4.78 is 12.2. The summed E-state index contributed by atoms with van der Waals surface area (Å²) in [6.07, 6.45) is 5.90. The van der Waals surface area contributed by atoms with Crippen LogP contribution in [-0.4, -0.2) is 25.3 Å². The zero-order valence-corrected chi connectivity index (χ0v) is 14.1. The predicted octanol–water partition coefficient (Wildman–Crippen LogP) is 3.53. The Labute approximate surface area is 137 Å². The molecule has 0 bridgehead atoms. The second-order valence-electron chi connectivity index (χ2n) is 7.07. The molecule has 0 aliphatic carbocycles. The number of ether oxygens (including phenoxy) is 2. The zero-order valence-electron chi connectivity index (χ0n) is 13.4. The molecule has 0 aromatic heterocycles. The van der Waals surface area contributed by atoms with Crippen molar-refractivity contribution in [3.05, 3.63) is 21.7 Å². The SMILES string of the molecule is CC1Cc2c(CC3CCNCC3)c3c(c(Cl)c2O1)CC(C)O3. The van der Waals surface area contributed by atoms with E-state index in [1.165, 1.54) is 29.5 Å². The first-order valence-electron chi connectivity index (χ1n) is 8.53. The Hall–Kier alpha value is -0.930. The molecule has 1 saturated heterocycles. The molecule has 1 aromatic rings. The highest BCUT2D eigenvalue weighted by Crippen LogP contribution is 2.50. The minimum atomic E-state index is 0.222. The fourth-order valence-electron chi connectivity index (χ4n) is 4.14. The van der Waals surface area contributed by atoms with Crippen LogP contribution in [0.1, 0.15) is 43.4 Å². The lowest BCUT2D eigenvalue weighted by Gasteiger charge is -2.24. The van der Waals surface area contributed by atoms with Gasteiger partial charge in [-0.05, 0) is 52.1 Å². The van der Waals surface area contributed by atoms with Crippen LogP contribution in [0.15, 0.2) is 0 Å². The lowest BCUT2D eigenvalue weighted by molar-refractivity contribution is 0.250. The highest BCUT2D eigenvalue weighted by molar-refractivity contribution is 6.33. The molecule has 22 heavy (non-hydrogen) atoms. The predicted molar refractivity (Wildman–Crippen MR) is 88.3 cm³/mol. The van der Waals surface area contributed by atoms with Gasteiger partial charge in [-0.1, -0.05) is 11.6 Å². The molecule has 0 saturated carbocycles. The van der Waals surface area contributed by atoms with Crippen molar-refractivity contribution in [1.82, 2.24) is 5.32 Å². The number of benzene rings is 1. The molecule has 3 heterocycles. The fourth-order valence-corrected chi connectivity index (χ4v) is 4.46. The summed E-state index contributed by atoms with van der Waals surface area (Å²) in [7, 11) is 0.